The molecule has 2 aromatic heterocycles. The molecule has 0 amide bonds. The second-order valence-electron chi connectivity index (χ2n) is 4.13. The van der Waals surface area contributed by atoms with E-state index in [-0.39, 0.29) is 11.6 Å². The van der Waals surface area contributed by atoms with Crippen molar-refractivity contribution in [2.45, 2.75) is 26.3 Å². The van der Waals surface area contributed by atoms with E-state index in [0.717, 1.165) is 9.35 Å². The number of rotatable bonds is 4. The van der Waals surface area contributed by atoms with Gasteiger partial charge in [0.2, 0.25) is 0 Å². The van der Waals surface area contributed by atoms with E-state index in [9.17, 15) is 4.79 Å². The van der Waals surface area contributed by atoms with E-state index in [4.69, 9.17) is 5.11 Å². The fourth-order valence-electron chi connectivity index (χ4n) is 1.73. The van der Waals surface area contributed by atoms with Crippen molar-refractivity contribution in [3.63, 3.8) is 0 Å². The first-order valence-electron chi connectivity index (χ1n) is 5.39. The van der Waals surface area contributed by atoms with Crippen LogP contribution in [0.1, 0.15) is 40.8 Å². The number of carbonyl (C=O) groups is 1. The van der Waals surface area contributed by atoms with Crippen LogP contribution in [0.3, 0.4) is 0 Å². The summed E-state index contributed by atoms with van der Waals surface area (Å²) in [5.41, 5.74) is 0.695. The molecule has 96 valence electrons. The fraction of sp³-hybridized carbons (Fsp3) is 0.364. The van der Waals surface area contributed by atoms with Crippen molar-refractivity contribution in [1.82, 2.24) is 15.0 Å². The highest BCUT2D eigenvalue weighted by atomic mass is 79.9. The largest absolute Gasteiger partial charge is 0.476 e. The van der Waals surface area contributed by atoms with Crippen LogP contribution >= 0.6 is 27.3 Å². The summed E-state index contributed by atoms with van der Waals surface area (Å²) in [4.78, 5) is 12.2. The predicted octanol–water partition coefficient (Wildman–Crippen LogP) is 2.97. The standard InChI is InChI=1S/C11H12BrN3O2S/c1-6(2)10-9(11(16)17)13-14-15(10)5-8-7(12)3-4-18-8/h3-4,6H,5H2,1-2H3,(H,16,17). The SMILES string of the molecule is CC(C)c1c(C(=O)O)nnn1Cc1sccc1Br. The number of aromatic nitrogens is 3. The molecule has 0 spiro atoms. The van der Waals surface area contributed by atoms with Crippen molar-refractivity contribution < 1.29 is 9.90 Å². The van der Waals surface area contributed by atoms with Crippen LogP contribution in [0.15, 0.2) is 15.9 Å². The second-order valence-corrected chi connectivity index (χ2v) is 5.99. The van der Waals surface area contributed by atoms with Gasteiger partial charge in [-0.2, -0.15) is 0 Å². The average Bonchev–Trinajstić information content (AvgIpc) is 2.86. The van der Waals surface area contributed by atoms with Gasteiger partial charge in [0.15, 0.2) is 5.69 Å². The van der Waals surface area contributed by atoms with Crippen LogP contribution in [0.5, 0.6) is 0 Å². The molecule has 1 N–H and O–H groups in total. The molecule has 0 aliphatic heterocycles. The maximum atomic E-state index is 11.1. The maximum absolute atomic E-state index is 11.1. The quantitative estimate of drug-likeness (QED) is 0.936. The Morgan fingerprint density at radius 1 is 1.61 bits per heavy atom. The predicted molar refractivity (Wildman–Crippen MR) is 72.2 cm³/mol. The fourth-order valence-corrected chi connectivity index (χ4v) is 3.19. The van der Waals surface area contributed by atoms with Crippen LogP contribution in [-0.4, -0.2) is 26.1 Å². The Balaban J connectivity index is 2.40. The molecule has 7 heteroatoms. The van der Waals surface area contributed by atoms with Gasteiger partial charge >= 0.3 is 5.97 Å². The van der Waals surface area contributed by atoms with Gasteiger partial charge in [0.25, 0.3) is 0 Å². The Morgan fingerprint density at radius 3 is 2.83 bits per heavy atom. The minimum atomic E-state index is -1.03. The molecule has 0 saturated heterocycles. The van der Waals surface area contributed by atoms with Gasteiger partial charge in [-0.15, -0.1) is 16.4 Å². The summed E-state index contributed by atoms with van der Waals surface area (Å²) in [6, 6.07) is 1.96. The van der Waals surface area contributed by atoms with Gasteiger partial charge < -0.3 is 5.11 Å². The highest BCUT2D eigenvalue weighted by molar-refractivity contribution is 9.10. The molecular weight excluding hydrogens is 318 g/mol. The van der Waals surface area contributed by atoms with Crippen molar-refractivity contribution in [2.24, 2.45) is 0 Å². The van der Waals surface area contributed by atoms with Crippen LogP contribution in [0.4, 0.5) is 0 Å². The first-order valence-corrected chi connectivity index (χ1v) is 7.06. The number of carboxylic acids is 1. The highest BCUT2D eigenvalue weighted by Gasteiger charge is 2.21. The van der Waals surface area contributed by atoms with Gasteiger partial charge in [0.1, 0.15) is 0 Å². The monoisotopic (exact) mass is 329 g/mol. The molecule has 2 heterocycles. The van der Waals surface area contributed by atoms with E-state index in [0.29, 0.717) is 12.2 Å². The Kier molecular flexibility index (Phi) is 3.82. The van der Waals surface area contributed by atoms with Crippen molar-refractivity contribution >= 4 is 33.2 Å². The smallest absolute Gasteiger partial charge is 0.358 e. The lowest BCUT2D eigenvalue weighted by Gasteiger charge is -2.09. The molecule has 0 aromatic carbocycles. The van der Waals surface area contributed by atoms with Crippen LogP contribution in [-0.2, 0) is 6.54 Å². The number of nitrogens with zero attached hydrogens (tertiary/aromatic N) is 3. The van der Waals surface area contributed by atoms with E-state index < -0.39 is 5.97 Å². The van der Waals surface area contributed by atoms with E-state index >= 15 is 0 Å². The van der Waals surface area contributed by atoms with Gasteiger partial charge in [-0.05, 0) is 33.3 Å². The lowest BCUT2D eigenvalue weighted by Crippen LogP contribution is -2.10. The zero-order valence-electron chi connectivity index (χ0n) is 9.92. The molecule has 0 unspecified atom stereocenters. The first-order chi connectivity index (χ1) is 8.50. The first kappa shape index (κ1) is 13.2. The molecule has 0 aliphatic rings. The Bertz CT molecular complexity index is 577. The molecule has 0 aliphatic carbocycles. The van der Waals surface area contributed by atoms with Gasteiger partial charge in [0, 0.05) is 9.35 Å². The molecule has 5 nitrogen and oxygen atoms in total. The molecular formula is C11H12BrN3O2S. The molecule has 2 rings (SSSR count). The average molecular weight is 330 g/mol. The van der Waals surface area contributed by atoms with E-state index in [1.165, 1.54) is 0 Å². The van der Waals surface area contributed by atoms with Crippen molar-refractivity contribution in [1.29, 1.82) is 0 Å². The Hall–Kier alpha value is -1.21. The van der Waals surface area contributed by atoms with Crippen molar-refractivity contribution in [3.05, 3.63) is 32.2 Å². The summed E-state index contributed by atoms with van der Waals surface area (Å²) >= 11 is 5.05. The molecule has 0 fully saturated rings. The third-order valence-corrected chi connectivity index (χ3v) is 4.42. The second kappa shape index (κ2) is 5.19. The molecule has 0 atom stereocenters. The minimum absolute atomic E-state index is 0.0395. The summed E-state index contributed by atoms with van der Waals surface area (Å²) in [6.07, 6.45) is 0. The Labute approximate surface area is 117 Å². The minimum Gasteiger partial charge on any atom is -0.476 e. The van der Waals surface area contributed by atoms with Crippen molar-refractivity contribution in [2.75, 3.05) is 0 Å². The van der Waals surface area contributed by atoms with Crippen LogP contribution in [0.2, 0.25) is 0 Å². The molecule has 0 saturated carbocycles. The lowest BCUT2D eigenvalue weighted by molar-refractivity contribution is 0.0688. The summed E-state index contributed by atoms with van der Waals surface area (Å²) in [5.74, 6) is -0.972. The zero-order chi connectivity index (χ0) is 13.3. The van der Waals surface area contributed by atoms with Gasteiger partial charge in [0.05, 0.1) is 12.2 Å². The maximum Gasteiger partial charge on any atom is 0.358 e. The molecule has 0 bridgehead atoms. The molecule has 18 heavy (non-hydrogen) atoms. The summed E-state index contributed by atoms with van der Waals surface area (Å²) in [7, 11) is 0. The van der Waals surface area contributed by atoms with Crippen LogP contribution in [0.25, 0.3) is 0 Å². The topological polar surface area (TPSA) is 68.0 Å². The van der Waals surface area contributed by atoms with Gasteiger partial charge in [-0.25, -0.2) is 9.48 Å². The number of hydrogen-bond acceptors (Lipinski definition) is 4. The third-order valence-electron chi connectivity index (χ3n) is 2.51. The Morgan fingerprint density at radius 2 is 2.33 bits per heavy atom. The summed E-state index contributed by atoms with van der Waals surface area (Å²) < 4.78 is 2.67. The van der Waals surface area contributed by atoms with Gasteiger partial charge in [-0.3, -0.25) is 0 Å². The lowest BCUT2D eigenvalue weighted by atomic mass is 10.1. The van der Waals surface area contributed by atoms with E-state index in [1.807, 2.05) is 25.3 Å². The highest BCUT2D eigenvalue weighted by Crippen LogP contribution is 2.25. The van der Waals surface area contributed by atoms with Crippen LogP contribution in [0, 0.1) is 0 Å². The van der Waals surface area contributed by atoms with E-state index in [1.54, 1.807) is 16.0 Å². The molecule has 0 radical (unpaired) electrons. The third kappa shape index (κ3) is 2.46. The van der Waals surface area contributed by atoms with E-state index in [2.05, 4.69) is 26.2 Å². The summed E-state index contributed by atoms with van der Waals surface area (Å²) in [5, 5.41) is 18.8. The summed E-state index contributed by atoms with van der Waals surface area (Å²) in [6.45, 7) is 4.41. The number of thiophene rings is 1. The number of carboxylic acid groups (broad SMARTS) is 1. The van der Waals surface area contributed by atoms with Gasteiger partial charge in [-0.1, -0.05) is 19.1 Å². The number of halogens is 1. The van der Waals surface area contributed by atoms with Crippen LogP contribution < -0.4 is 0 Å². The van der Waals surface area contributed by atoms with Crippen molar-refractivity contribution in [3.8, 4) is 0 Å². The normalized spacial score (nSPS) is 11.1. The number of aromatic carboxylic acids is 1. The zero-order valence-corrected chi connectivity index (χ0v) is 12.3. The number of hydrogen-bond donors (Lipinski definition) is 1. The molecule has 2 aromatic rings.